The molecule has 3 nitrogen and oxygen atoms in total. The maximum atomic E-state index is 10.9. The third-order valence-corrected chi connectivity index (χ3v) is 2.85. The number of rotatable bonds is 3. The van der Waals surface area contributed by atoms with E-state index in [-0.39, 0.29) is 0 Å². The van der Waals surface area contributed by atoms with E-state index >= 15 is 0 Å². The fourth-order valence-electron chi connectivity index (χ4n) is 1.91. The van der Waals surface area contributed by atoms with Crippen molar-refractivity contribution >= 4 is 17.2 Å². The van der Waals surface area contributed by atoms with Crippen molar-refractivity contribution < 1.29 is 9.53 Å². The molecule has 3 heteroatoms. The van der Waals surface area contributed by atoms with E-state index in [1.807, 2.05) is 36.4 Å². The molecule has 0 unspecified atom stereocenters. The zero-order valence-corrected chi connectivity index (χ0v) is 10.1. The summed E-state index contributed by atoms with van der Waals surface area (Å²) in [6.45, 7) is 0. The van der Waals surface area contributed by atoms with Gasteiger partial charge in [-0.1, -0.05) is 18.2 Å². The van der Waals surface area contributed by atoms with Crippen LogP contribution >= 0.6 is 0 Å². The number of aromatic nitrogens is 1. The average molecular weight is 249 g/mol. The third-order valence-electron chi connectivity index (χ3n) is 2.85. The summed E-state index contributed by atoms with van der Waals surface area (Å²) < 4.78 is 5.74. The van der Waals surface area contributed by atoms with Gasteiger partial charge in [0.1, 0.15) is 11.5 Å². The zero-order chi connectivity index (χ0) is 13.1. The Labute approximate surface area is 110 Å². The Morgan fingerprint density at radius 2 is 1.89 bits per heavy atom. The Morgan fingerprint density at radius 1 is 1.00 bits per heavy atom. The lowest BCUT2D eigenvalue weighted by Crippen LogP contribution is -1.90. The zero-order valence-electron chi connectivity index (χ0n) is 10.1. The second-order valence-corrected chi connectivity index (χ2v) is 4.12. The van der Waals surface area contributed by atoms with Crippen LogP contribution < -0.4 is 4.74 Å². The first-order valence-electron chi connectivity index (χ1n) is 5.94. The van der Waals surface area contributed by atoms with E-state index in [2.05, 4.69) is 4.98 Å². The monoisotopic (exact) mass is 249 g/mol. The molecule has 0 bridgehead atoms. The van der Waals surface area contributed by atoms with Gasteiger partial charge in [-0.25, -0.2) is 0 Å². The van der Waals surface area contributed by atoms with Crippen LogP contribution in [0.1, 0.15) is 10.4 Å². The molecule has 19 heavy (non-hydrogen) atoms. The lowest BCUT2D eigenvalue weighted by molar-refractivity contribution is 0.112. The molecule has 0 radical (unpaired) electrons. The standard InChI is InChI=1S/C16H11NO2/c18-11-13-4-1-2-6-16(13)19-14-8-7-12-5-3-9-17-15(12)10-14/h1-11H. The summed E-state index contributed by atoms with van der Waals surface area (Å²) >= 11 is 0. The summed E-state index contributed by atoms with van der Waals surface area (Å²) in [6.07, 6.45) is 2.53. The molecule has 0 saturated heterocycles. The molecule has 0 fully saturated rings. The quantitative estimate of drug-likeness (QED) is 0.662. The van der Waals surface area contributed by atoms with Gasteiger partial charge in [-0.05, 0) is 30.3 Å². The van der Waals surface area contributed by atoms with Gasteiger partial charge in [0.15, 0.2) is 6.29 Å². The topological polar surface area (TPSA) is 39.2 Å². The Kier molecular flexibility index (Phi) is 2.94. The molecule has 0 atom stereocenters. The molecule has 0 amide bonds. The number of hydrogen-bond donors (Lipinski definition) is 0. The highest BCUT2D eigenvalue weighted by atomic mass is 16.5. The summed E-state index contributed by atoms with van der Waals surface area (Å²) in [4.78, 5) is 15.2. The number of pyridine rings is 1. The van der Waals surface area contributed by atoms with Gasteiger partial charge < -0.3 is 4.74 Å². The predicted octanol–water partition coefficient (Wildman–Crippen LogP) is 3.84. The molecular weight excluding hydrogens is 238 g/mol. The van der Waals surface area contributed by atoms with Crippen LogP contribution in [0.25, 0.3) is 10.9 Å². The second kappa shape index (κ2) is 4.90. The Balaban J connectivity index is 1.99. The van der Waals surface area contributed by atoms with Gasteiger partial charge in [-0.3, -0.25) is 9.78 Å². The van der Waals surface area contributed by atoms with E-state index < -0.39 is 0 Å². The van der Waals surface area contributed by atoms with Gasteiger partial charge in [-0.2, -0.15) is 0 Å². The van der Waals surface area contributed by atoms with Crippen molar-refractivity contribution in [1.82, 2.24) is 4.98 Å². The minimum atomic E-state index is 0.531. The van der Waals surface area contributed by atoms with Gasteiger partial charge in [0, 0.05) is 17.6 Å². The Morgan fingerprint density at radius 3 is 2.79 bits per heavy atom. The number of benzene rings is 2. The van der Waals surface area contributed by atoms with Crippen LogP contribution in [0.15, 0.2) is 60.8 Å². The van der Waals surface area contributed by atoms with Crippen molar-refractivity contribution in [2.75, 3.05) is 0 Å². The first-order chi connectivity index (χ1) is 9.36. The molecule has 0 aliphatic carbocycles. The number of para-hydroxylation sites is 1. The number of carbonyl (C=O) groups is 1. The molecule has 0 aliphatic heterocycles. The highest BCUT2D eigenvalue weighted by Crippen LogP contribution is 2.26. The van der Waals surface area contributed by atoms with Gasteiger partial charge in [-0.15, -0.1) is 0 Å². The van der Waals surface area contributed by atoms with Crippen molar-refractivity contribution in [2.45, 2.75) is 0 Å². The van der Waals surface area contributed by atoms with Crippen LogP contribution in [0.2, 0.25) is 0 Å². The molecule has 1 aromatic heterocycles. The van der Waals surface area contributed by atoms with Gasteiger partial charge in [0.25, 0.3) is 0 Å². The van der Waals surface area contributed by atoms with Crippen molar-refractivity contribution in [3.8, 4) is 11.5 Å². The molecular formula is C16H11NO2. The van der Waals surface area contributed by atoms with E-state index in [9.17, 15) is 4.79 Å². The van der Waals surface area contributed by atoms with Crippen LogP contribution in [0.4, 0.5) is 0 Å². The largest absolute Gasteiger partial charge is 0.457 e. The number of nitrogens with zero attached hydrogens (tertiary/aromatic N) is 1. The minimum Gasteiger partial charge on any atom is -0.457 e. The fourth-order valence-corrected chi connectivity index (χ4v) is 1.91. The molecule has 0 saturated carbocycles. The van der Waals surface area contributed by atoms with E-state index in [0.717, 1.165) is 17.2 Å². The Bertz CT molecular complexity index is 737. The van der Waals surface area contributed by atoms with Crippen molar-refractivity contribution in [2.24, 2.45) is 0 Å². The van der Waals surface area contributed by atoms with Crippen LogP contribution in [-0.2, 0) is 0 Å². The van der Waals surface area contributed by atoms with Crippen LogP contribution in [0, 0.1) is 0 Å². The highest BCUT2D eigenvalue weighted by molar-refractivity contribution is 5.81. The van der Waals surface area contributed by atoms with E-state index in [1.165, 1.54) is 0 Å². The van der Waals surface area contributed by atoms with Crippen LogP contribution in [0.3, 0.4) is 0 Å². The maximum Gasteiger partial charge on any atom is 0.153 e. The molecule has 0 aliphatic rings. The lowest BCUT2D eigenvalue weighted by Gasteiger charge is -2.08. The summed E-state index contributed by atoms with van der Waals surface area (Å²) in [7, 11) is 0. The smallest absolute Gasteiger partial charge is 0.153 e. The second-order valence-electron chi connectivity index (χ2n) is 4.12. The predicted molar refractivity (Wildman–Crippen MR) is 73.6 cm³/mol. The van der Waals surface area contributed by atoms with Crippen molar-refractivity contribution in [3.05, 3.63) is 66.4 Å². The summed E-state index contributed by atoms with van der Waals surface area (Å²) in [5.41, 5.74) is 1.40. The molecule has 0 spiro atoms. The molecule has 3 aromatic rings. The molecule has 1 heterocycles. The van der Waals surface area contributed by atoms with Gasteiger partial charge in [0.2, 0.25) is 0 Å². The number of aldehydes is 1. The lowest BCUT2D eigenvalue weighted by atomic mass is 10.2. The first-order valence-corrected chi connectivity index (χ1v) is 5.94. The van der Waals surface area contributed by atoms with Crippen LogP contribution in [-0.4, -0.2) is 11.3 Å². The number of ether oxygens (including phenoxy) is 1. The number of hydrogen-bond acceptors (Lipinski definition) is 3. The molecule has 92 valence electrons. The average Bonchev–Trinajstić information content (AvgIpc) is 2.48. The SMILES string of the molecule is O=Cc1ccccc1Oc1ccc2cccnc2c1. The van der Waals surface area contributed by atoms with Gasteiger partial charge >= 0.3 is 0 Å². The number of fused-ring (bicyclic) bond motifs is 1. The fraction of sp³-hybridized carbons (Fsp3) is 0. The summed E-state index contributed by atoms with van der Waals surface area (Å²) in [6, 6.07) is 16.7. The van der Waals surface area contributed by atoms with Crippen molar-refractivity contribution in [3.63, 3.8) is 0 Å². The van der Waals surface area contributed by atoms with Gasteiger partial charge in [0.05, 0.1) is 11.1 Å². The summed E-state index contributed by atoms with van der Waals surface area (Å²) in [5.74, 6) is 1.22. The third kappa shape index (κ3) is 2.31. The molecule has 2 aromatic carbocycles. The van der Waals surface area contributed by atoms with E-state index in [1.54, 1.807) is 24.4 Å². The number of carbonyl (C=O) groups excluding carboxylic acids is 1. The summed E-state index contributed by atoms with van der Waals surface area (Å²) in [5, 5.41) is 1.05. The first kappa shape index (κ1) is 11.4. The normalized spacial score (nSPS) is 10.3. The van der Waals surface area contributed by atoms with Crippen LogP contribution in [0.5, 0.6) is 11.5 Å². The maximum absolute atomic E-state index is 10.9. The molecule has 3 rings (SSSR count). The molecule has 0 N–H and O–H groups in total. The van der Waals surface area contributed by atoms with E-state index in [0.29, 0.717) is 17.1 Å². The van der Waals surface area contributed by atoms with Crippen molar-refractivity contribution in [1.29, 1.82) is 0 Å². The highest BCUT2D eigenvalue weighted by Gasteiger charge is 2.04. The van der Waals surface area contributed by atoms with E-state index in [4.69, 9.17) is 4.74 Å². The Hall–Kier alpha value is -2.68. The minimum absolute atomic E-state index is 0.531.